The SMILES string of the molecule is c1cc2ncnc-2sn1. The zero-order valence-electron chi connectivity index (χ0n) is 4.48. The molecule has 0 aromatic carbocycles. The third kappa shape index (κ3) is 0.675. The van der Waals surface area contributed by atoms with E-state index < -0.39 is 0 Å². The normalized spacial score (nSPS) is 10.2. The van der Waals surface area contributed by atoms with Gasteiger partial charge in [0, 0.05) is 6.20 Å². The Bertz CT molecular complexity index is 252. The second-order valence-electron chi connectivity index (χ2n) is 1.58. The minimum atomic E-state index is 0.900. The lowest BCUT2D eigenvalue weighted by atomic mass is 10.5. The van der Waals surface area contributed by atoms with Crippen molar-refractivity contribution in [1.29, 1.82) is 0 Å². The fourth-order valence-corrected chi connectivity index (χ4v) is 1.16. The van der Waals surface area contributed by atoms with Gasteiger partial charge in [-0.25, -0.2) is 9.97 Å². The summed E-state index contributed by atoms with van der Waals surface area (Å²) in [5.74, 6) is 0. The lowest BCUT2D eigenvalue weighted by Crippen LogP contribution is -1.73. The molecule has 0 saturated carbocycles. The lowest BCUT2D eigenvalue weighted by Gasteiger charge is -1.86. The maximum absolute atomic E-state index is 3.98. The molecule has 3 nitrogen and oxygen atoms in total. The highest BCUT2D eigenvalue weighted by Gasteiger charge is 2.02. The van der Waals surface area contributed by atoms with Crippen LogP contribution in [0.25, 0.3) is 10.7 Å². The molecule has 0 atom stereocenters. The fraction of sp³-hybridized carbons (Fsp3) is 0. The maximum Gasteiger partial charge on any atom is 0.162 e. The summed E-state index contributed by atoms with van der Waals surface area (Å²) in [5.41, 5.74) is 0.926. The quantitative estimate of drug-likeness (QED) is 0.544. The Balaban J connectivity index is 2.79. The van der Waals surface area contributed by atoms with Crippen molar-refractivity contribution in [3.63, 3.8) is 0 Å². The van der Waals surface area contributed by atoms with Crippen LogP contribution in [-0.4, -0.2) is 14.3 Å². The highest BCUT2D eigenvalue weighted by atomic mass is 32.1. The minimum Gasteiger partial charge on any atom is -0.234 e. The number of imidazole rings is 1. The van der Waals surface area contributed by atoms with Gasteiger partial charge in [0.1, 0.15) is 12.0 Å². The van der Waals surface area contributed by atoms with Gasteiger partial charge >= 0.3 is 0 Å². The van der Waals surface area contributed by atoms with Gasteiger partial charge in [-0.15, -0.1) is 0 Å². The van der Waals surface area contributed by atoms with Gasteiger partial charge < -0.3 is 0 Å². The molecule has 44 valence electrons. The van der Waals surface area contributed by atoms with Crippen molar-refractivity contribution in [2.45, 2.75) is 0 Å². The van der Waals surface area contributed by atoms with E-state index in [2.05, 4.69) is 14.3 Å². The summed E-state index contributed by atoms with van der Waals surface area (Å²) in [5, 5.41) is 0.900. The molecule has 2 aliphatic rings. The predicted octanol–water partition coefficient (Wildman–Crippen LogP) is 1.04. The van der Waals surface area contributed by atoms with E-state index in [0.717, 1.165) is 10.7 Å². The first-order valence-corrected chi connectivity index (χ1v) is 3.25. The molecular weight excluding hydrogens is 134 g/mol. The van der Waals surface area contributed by atoms with Crippen LogP contribution in [0.15, 0.2) is 18.6 Å². The van der Waals surface area contributed by atoms with E-state index in [-0.39, 0.29) is 0 Å². The summed E-state index contributed by atoms with van der Waals surface area (Å²) in [7, 11) is 0. The van der Waals surface area contributed by atoms with Gasteiger partial charge in [-0.2, -0.15) is 4.37 Å². The molecule has 0 fully saturated rings. The van der Waals surface area contributed by atoms with E-state index in [1.165, 1.54) is 11.5 Å². The zero-order valence-corrected chi connectivity index (χ0v) is 5.30. The average molecular weight is 137 g/mol. The van der Waals surface area contributed by atoms with Crippen LogP contribution in [0, 0.1) is 0 Å². The molecular formula is C5H3N3S. The third-order valence-corrected chi connectivity index (χ3v) is 1.74. The third-order valence-electron chi connectivity index (χ3n) is 1.02. The Morgan fingerprint density at radius 2 is 2.33 bits per heavy atom. The van der Waals surface area contributed by atoms with Gasteiger partial charge in [0.25, 0.3) is 0 Å². The molecule has 2 aliphatic heterocycles. The highest BCUT2D eigenvalue weighted by molar-refractivity contribution is 7.08. The van der Waals surface area contributed by atoms with Crippen molar-refractivity contribution in [2.24, 2.45) is 0 Å². The van der Waals surface area contributed by atoms with Crippen molar-refractivity contribution >= 4 is 11.5 Å². The van der Waals surface area contributed by atoms with Gasteiger partial charge in [-0.05, 0) is 17.6 Å². The van der Waals surface area contributed by atoms with E-state index in [0.29, 0.717) is 0 Å². The first kappa shape index (κ1) is 4.81. The van der Waals surface area contributed by atoms with Crippen LogP contribution in [0.4, 0.5) is 0 Å². The second-order valence-corrected chi connectivity index (χ2v) is 2.36. The molecule has 0 aromatic heterocycles. The molecule has 0 bridgehead atoms. The first-order valence-electron chi connectivity index (χ1n) is 2.48. The van der Waals surface area contributed by atoms with Crippen molar-refractivity contribution in [3.05, 3.63) is 18.6 Å². The molecule has 0 radical (unpaired) electrons. The predicted molar refractivity (Wildman–Crippen MR) is 34.3 cm³/mol. The summed E-state index contributed by atoms with van der Waals surface area (Å²) >= 11 is 1.36. The summed E-state index contributed by atoms with van der Waals surface area (Å²) in [4.78, 5) is 7.94. The molecule has 4 heteroatoms. The number of hydrogen-bond acceptors (Lipinski definition) is 4. The molecule has 0 N–H and O–H groups in total. The maximum atomic E-state index is 3.98. The smallest absolute Gasteiger partial charge is 0.162 e. The van der Waals surface area contributed by atoms with Crippen molar-refractivity contribution in [1.82, 2.24) is 14.3 Å². The molecule has 2 heterocycles. The van der Waals surface area contributed by atoms with Gasteiger partial charge in [0.15, 0.2) is 5.01 Å². The van der Waals surface area contributed by atoms with Crippen LogP contribution >= 0.6 is 11.5 Å². The Morgan fingerprint density at radius 1 is 1.33 bits per heavy atom. The minimum absolute atomic E-state index is 0.900. The molecule has 0 unspecified atom stereocenters. The monoisotopic (exact) mass is 137 g/mol. The number of fused-ring (bicyclic) bond motifs is 1. The number of hydrogen-bond donors (Lipinski definition) is 0. The summed E-state index contributed by atoms with van der Waals surface area (Å²) in [6.45, 7) is 0. The van der Waals surface area contributed by atoms with E-state index >= 15 is 0 Å². The van der Waals surface area contributed by atoms with E-state index in [9.17, 15) is 0 Å². The zero-order chi connectivity index (χ0) is 6.10. The lowest BCUT2D eigenvalue weighted by molar-refractivity contribution is 1.34. The largest absolute Gasteiger partial charge is 0.234 e. The molecule has 0 saturated heterocycles. The fourth-order valence-electron chi connectivity index (χ4n) is 0.631. The van der Waals surface area contributed by atoms with Gasteiger partial charge in [-0.3, -0.25) is 0 Å². The summed E-state index contributed by atoms with van der Waals surface area (Å²) in [6.07, 6.45) is 3.27. The van der Waals surface area contributed by atoms with Crippen LogP contribution in [0.3, 0.4) is 0 Å². The topological polar surface area (TPSA) is 38.7 Å². The Morgan fingerprint density at radius 3 is 3.22 bits per heavy atom. The molecule has 9 heavy (non-hydrogen) atoms. The number of aromatic nitrogens is 3. The Kier molecular flexibility index (Phi) is 0.927. The van der Waals surface area contributed by atoms with Crippen LogP contribution in [0.1, 0.15) is 0 Å². The molecule has 0 aliphatic carbocycles. The summed E-state index contributed by atoms with van der Waals surface area (Å²) in [6, 6.07) is 1.85. The van der Waals surface area contributed by atoms with Crippen molar-refractivity contribution in [2.75, 3.05) is 0 Å². The molecule has 0 spiro atoms. The molecule has 2 rings (SSSR count). The van der Waals surface area contributed by atoms with Crippen LogP contribution in [0.2, 0.25) is 0 Å². The van der Waals surface area contributed by atoms with Crippen LogP contribution < -0.4 is 0 Å². The standard InChI is InChI=1S/C5H3N3S/c1-2-8-9-5-4(1)6-3-7-5/h1-3H. The van der Waals surface area contributed by atoms with Gasteiger partial charge in [0.2, 0.25) is 0 Å². The van der Waals surface area contributed by atoms with E-state index in [1.807, 2.05) is 6.07 Å². The molecule has 0 amide bonds. The van der Waals surface area contributed by atoms with Crippen LogP contribution in [-0.2, 0) is 0 Å². The summed E-state index contributed by atoms with van der Waals surface area (Å²) < 4.78 is 3.92. The van der Waals surface area contributed by atoms with Gasteiger partial charge in [0.05, 0.1) is 0 Å². The van der Waals surface area contributed by atoms with Gasteiger partial charge in [-0.1, -0.05) is 0 Å². The van der Waals surface area contributed by atoms with Crippen molar-refractivity contribution in [3.8, 4) is 10.7 Å². The number of nitrogens with zero attached hydrogens (tertiary/aromatic N) is 3. The van der Waals surface area contributed by atoms with Crippen molar-refractivity contribution < 1.29 is 0 Å². The Hall–Kier alpha value is -1.03. The second kappa shape index (κ2) is 1.73. The van der Waals surface area contributed by atoms with E-state index in [4.69, 9.17) is 0 Å². The highest BCUT2D eigenvalue weighted by Crippen LogP contribution is 2.17. The molecule has 0 aromatic rings. The first-order chi connectivity index (χ1) is 4.47. The number of rotatable bonds is 0. The Labute approximate surface area is 55.9 Å². The van der Waals surface area contributed by atoms with Crippen LogP contribution in [0.5, 0.6) is 0 Å². The average Bonchev–Trinajstić information content (AvgIpc) is 2.33. The van der Waals surface area contributed by atoms with E-state index in [1.54, 1.807) is 12.5 Å².